The Kier molecular flexibility index (Phi) is 6.27. The van der Waals surface area contributed by atoms with Crippen molar-refractivity contribution in [2.45, 2.75) is 0 Å². The molecule has 0 unspecified atom stereocenters. The monoisotopic (exact) mass is 360 g/mol. The van der Waals surface area contributed by atoms with Gasteiger partial charge >= 0.3 is 0 Å². The lowest BCUT2D eigenvalue weighted by Gasteiger charge is -2.33. The lowest BCUT2D eigenvalue weighted by atomic mass is 10.1. The molecule has 130 valence electrons. The van der Waals surface area contributed by atoms with Crippen LogP contribution in [0.1, 0.15) is 0 Å². The van der Waals surface area contributed by atoms with Crippen LogP contribution in [0.4, 0.5) is 17.1 Å². The van der Waals surface area contributed by atoms with E-state index in [1.807, 2.05) is 0 Å². The minimum Gasteiger partial charge on any atom is -0.229 e. The second-order valence-corrected chi connectivity index (χ2v) is 6.20. The average Bonchev–Trinajstić information content (AvgIpc) is 2.62. The summed E-state index contributed by atoms with van der Waals surface area (Å²) in [6.45, 7) is 0. The summed E-state index contributed by atoms with van der Waals surface area (Å²) in [5.74, 6) is 0. The van der Waals surface area contributed by atoms with Crippen LogP contribution in [0.2, 0.25) is 0 Å². The molecule has 6 heteroatoms. The average molecular weight is 361 g/mol. The van der Waals surface area contributed by atoms with E-state index in [9.17, 15) is 0 Å². The molecule has 0 amide bonds. The van der Waals surface area contributed by atoms with Gasteiger partial charge in [0.25, 0.3) is 0 Å². The Morgan fingerprint density at radius 3 is 1.00 bits per heavy atom. The van der Waals surface area contributed by atoms with Gasteiger partial charge in [-0.2, -0.15) is 14.0 Å². The lowest BCUT2D eigenvalue weighted by Crippen LogP contribution is -2.58. The largest absolute Gasteiger partial charge is 0.229 e. The van der Waals surface area contributed by atoms with Gasteiger partial charge in [-0.1, -0.05) is 54.6 Å². The number of hydrogen-bond acceptors (Lipinski definition) is 4. The number of benzene rings is 3. The number of hydrogen-bond donors (Lipinski definition) is 1. The standard InChI is InChI=1S/C19H18N.ClHO4/c1-20(17-11-5-2-6-12-17,18-13-7-3-8-14-18)19-15-9-4-10-16-19;2-1(3,4)5/h2-16H,1H3;(H,2,3,4,5)/q+1;. The summed E-state index contributed by atoms with van der Waals surface area (Å²) in [4.78, 5) is 0. The smallest absolute Gasteiger partial charge is 0.142 e. The van der Waals surface area contributed by atoms with Gasteiger partial charge in [-0.25, -0.2) is 4.48 Å². The predicted molar refractivity (Wildman–Crippen MR) is 88.6 cm³/mol. The van der Waals surface area contributed by atoms with E-state index in [4.69, 9.17) is 18.6 Å². The Morgan fingerprint density at radius 2 is 0.800 bits per heavy atom. The summed E-state index contributed by atoms with van der Waals surface area (Å²) in [7, 11) is -2.46. The molecular formula is C19H19ClNO4+. The Morgan fingerprint density at radius 1 is 0.600 bits per heavy atom. The quantitative estimate of drug-likeness (QED) is 0.710. The van der Waals surface area contributed by atoms with Crippen LogP contribution >= 0.6 is 0 Å². The predicted octanol–water partition coefficient (Wildman–Crippen LogP) is 1.16. The number of para-hydroxylation sites is 3. The van der Waals surface area contributed by atoms with Crippen molar-refractivity contribution in [3.05, 3.63) is 91.0 Å². The highest BCUT2D eigenvalue weighted by molar-refractivity contribution is 5.69. The molecule has 0 aromatic heterocycles. The molecule has 0 atom stereocenters. The molecule has 0 saturated heterocycles. The van der Waals surface area contributed by atoms with Crippen molar-refractivity contribution in [2.24, 2.45) is 0 Å². The highest BCUT2D eigenvalue weighted by Crippen LogP contribution is 2.41. The van der Waals surface area contributed by atoms with Crippen LogP contribution < -0.4 is 18.5 Å². The van der Waals surface area contributed by atoms with E-state index in [0.29, 0.717) is 4.48 Å². The van der Waals surface area contributed by atoms with E-state index in [0.717, 1.165) is 0 Å². The lowest BCUT2D eigenvalue weighted by molar-refractivity contribution is -1.92. The van der Waals surface area contributed by atoms with E-state index in [2.05, 4.69) is 98.0 Å². The van der Waals surface area contributed by atoms with Gasteiger partial charge in [0.15, 0.2) is 0 Å². The van der Waals surface area contributed by atoms with E-state index >= 15 is 0 Å². The van der Waals surface area contributed by atoms with Crippen LogP contribution in [-0.4, -0.2) is 11.7 Å². The molecule has 25 heavy (non-hydrogen) atoms. The molecule has 0 fully saturated rings. The van der Waals surface area contributed by atoms with Crippen molar-refractivity contribution in [3.63, 3.8) is 0 Å². The van der Waals surface area contributed by atoms with Gasteiger partial charge in [-0.15, -0.1) is 0 Å². The van der Waals surface area contributed by atoms with E-state index in [-0.39, 0.29) is 0 Å². The summed E-state index contributed by atoms with van der Waals surface area (Å²) in [6, 6.07) is 31.8. The number of halogens is 1. The summed E-state index contributed by atoms with van der Waals surface area (Å²) >= 11 is 0. The summed E-state index contributed by atoms with van der Waals surface area (Å²) in [6.07, 6.45) is 0. The Labute approximate surface area is 149 Å². The number of quaternary nitrogens is 1. The van der Waals surface area contributed by atoms with Gasteiger partial charge in [0.05, 0.1) is 21.9 Å². The van der Waals surface area contributed by atoms with E-state index in [1.54, 1.807) is 0 Å². The molecule has 3 aromatic carbocycles. The van der Waals surface area contributed by atoms with Crippen LogP contribution in [0.3, 0.4) is 0 Å². The molecule has 3 aromatic rings. The minimum atomic E-state index is -4.69. The zero-order valence-electron chi connectivity index (χ0n) is 13.7. The molecule has 3 rings (SSSR count). The van der Waals surface area contributed by atoms with Gasteiger partial charge in [-0.3, -0.25) is 0 Å². The van der Waals surface area contributed by atoms with Crippen LogP contribution in [0, 0.1) is 10.2 Å². The second-order valence-electron chi connectivity index (χ2n) is 5.41. The molecule has 0 heterocycles. The number of nitrogens with zero attached hydrogens (tertiary/aromatic N) is 1. The van der Waals surface area contributed by atoms with Crippen LogP contribution in [0.5, 0.6) is 0 Å². The Hall–Kier alpha value is -2.25. The summed E-state index contributed by atoms with van der Waals surface area (Å²) < 4.78 is 33.4. The molecule has 5 nitrogen and oxygen atoms in total. The third-order valence-corrected chi connectivity index (χ3v) is 3.82. The SMILES string of the molecule is C[N+](c1ccccc1)(c1ccccc1)c1ccccc1.[O-][Cl+3]([O-])([O-])O. The minimum absolute atomic E-state index is 0.669. The van der Waals surface area contributed by atoms with Gasteiger partial charge < -0.3 is 0 Å². The first-order valence-corrected chi connectivity index (χ1v) is 8.75. The van der Waals surface area contributed by atoms with E-state index < -0.39 is 10.2 Å². The highest BCUT2D eigenvalue weighted by atomic mass is 35.7. The van der Waals surface area contributed by atoms with Crippen molar-refractivity contribution in [1.29, 1.82) is 0 Å². The molecule has 0 aliphatic carbocycles. The van der Waals surface area contributed by atoms with Gasteiger partial charge in [-0.05, 0) is 36.4 Å². The molecule has 0 spiro atoms. The van der Waals surface area contributed by atoms with Crippen LogP contribution in [0.15, 0.2) is 91.0 Å². The highest BCUT2D eigenvalue weighted by Gasteiger charge is 2.30. The fourth-order valence-corrected chi connectivity index (χ4v) is 2.63. The first-order chi connectivity index (χ1) is 11.8. The van der Waals surface area contributed by atoms with Crippen molar-refractivity contribution >= 4 is 17.1 Å². The first kappa shape index (κ1) is 19.1. The Bertz CT molecular complexity index is 659. The fourth-order valence-electron chi connectivity index (χ4n) is 2.63. The zero-order chi connectivity index (χ0) is 18.3. The second kappa shape index (κ2) is 8.22. The molecule has 0 saturated carbocycles. The van der Waals surface area contributed by atoms with Crippen LogP contribution in [-0.2, 0) is 0 Å². The van der Waals surface area contributed by atoms with Crippen molar-refractivity contribution in [1.82, 2.24) is 4.48 Å². The topological polar surface area (TPSA) is 89.4 Å². The molecule has 0 aliphatic heterocycles. The summed E-state index contributed by atoms with van der Waals surface area (Å²) in [5, 5.41) is 0. The normalized spacial score (nSPS) is 11.4. The maximum atomic E-state index is 8.60. The molecule has 0 bridgehead atoms. The molecule has 0 aliphatic rings. The third kappa shape index (κ3) is 5.37. The molecule has 1 N–H and O–H groups in total. The van der Waals surface area contributed by atoms with Crippen LogP contribution in [0.25, 0.3) is 0 Å². The van der Waals surface area contributed by atoms with Gasteiger partial charge in [0, 0.05) is 0 Å². The van der Waals surface area contributed by atoms with Crippen molar-refractivity contribution < 1.29 is 28.9 Å². The van der Waals surface area contributed by atoms with Crippen molar-refractivity contribution in [2.75, 3.05) is 7.05 Å². The third-order valence-electron chi connectivity index (χ3n) is 3.82. The fraction of sp³-hybridized carbons (Fsp3) is 0.0526. The van der Waals surface area contributed by atoms with Gasteiger partial charge in [0.2, 0.25) is 0 Å². The van der Waals surface area contributed by atoms with Gasteiger partial charge in [0.1, 0.15) is 17.1 Å². The molecular weight excluding hydrogens is 342 g/mol. The maximum absolute atomic E-state index is 8.60. The maximum Gasteiger partial charge on any atom is 0.142 e. The van der Waals surface area contributed by atoms with E-state index in [1.165, 1.54) is 17.1 Å². The first-order valence-electron chi connectivity index (χ1n) is 7.48. The Balaban J connectivity index is 0.000000399. The zero-order valence-corrected chi connectivity index (χ0v) is 14.4. The van der Waals surface area contributed by atoms with Crippen molar-refractivity contribution in [3.8, 4) is 0 Å². The number of rotatable bonds is 3. The molecule has 0 radical (unpaired) electrons. The summed E-state index contributed by atoms with van der Waals surface area (Å²) in [5.41, 5.74) is 3.76.